The minimum absolute atomic E-state index is 0.620. The first-order valence-corrected chi connectivity index (χ1v) is 10.4. The van der Waals surface area contributed by atoms with Crippen molar-refractivity contribution in [3.63, 3.8) is 0 Å². The second-order valence-electron chi connectivity index (χ2n) is 6.48. The molecule has 0 saturated carbocycles. The Morgan fingerprint density at radius 2 is 1.57 bits per heavy atom. The van der Waals surface area contributed by atoms with Crippen LogP contribution in [0.15, 0.2) is 77.1 Å². The van der Waals surface area contributed by atoms with Crippen LogP contribution in [0.5, 0.6) is 0 Å². The van der Waals surface area contributed by atoms with Gasteiger partial charge in [-0.1, -0.05) is 60.7 Å². The van der Waals surface area contributed by atoms with E-state index in [0.29, 0.717) is 13.2 Å². The highest BCUT2D eigenvalue weighted by atomic mass is 32.1. The van der Waals surface area contributed by atoms with Crippen LogP contribution in [0.4, 0.5) is 0 Å². The molecule has 0 bridgehead atoms. The van der Waals surface area contributed by atoms with Gasteiger partial charge in [-0.25, -0.2) is 0 Å². The molecule has 5 heteroatoms. The summed E-state index contributed by atoms with van der Waals surface area (Å²) in [5.41, 5.74) is 3.59. The molecular formula is C23H27N3OS. The lowest BCUT2D eigenvalue weighted by atomic mass is 10.1. The minimum Gasteiger partial charge on any atom is -0.372 e. The van der Waals surface area contributed by atoms with E-state index in [2.05, 4.69) is 69.5 Å². The number of nitrogens with zero attached hydrogens (tertiary/aromatic N) is 1. The van der Waals surface area contributed by atoms with Gasteiger partial charge in [0.15, 0.2) is 5.96 Å². The molecule has 146 valence electrons. The molecular weight excluding hydrogens is 366 g/mol. The number of thiophene rings is 1. The van der Waals surface area contributed by atoms with E-state index in [4.69, 9.17) is 4.74 Å². The van der Waals surface area contributed by atoms with Gasteiger partial charge in [0, 0.05) is 25.0 Å². The topological polar surface area (TPSA) is 45.7 Å². The molecule has 0 fully saturated rings. The average molecular weight is 394 g/mol. The van der Waals surface area contributed by atoms with Crippen molar-refractivity contribution in [3.05, 3.63) is 93.7 Å². The fraction of sp³-hybridized carbons (Fsp3) is 0.261. The predicted octanol–water partition coefficient (Wildman–Crippen LogP) is 4.37. The Morgan fingerprint density at radius 3 is 2.25 bits per heavy atom. The van der Waals surface area contributed by atoms with Gasteiger partial charge in [-0.3, -0.25) is 4.99 Å². The molecule has 0 aliphatic heterocycles. The van der Waals surface area contributed by atoms with Gasteiger partial charge in [0.05, 0.1) is 13.2 Å². The molecule has 28 heavy (non-hydrogen) atoms. The van der Waals surface area contributed by atoms with Crippen LogP contribution in [0, 0.1) is 0 Å². The van der Waals surface area contributed by atoms with Crippen molar-refractivity contribution in [3.8, 4) is 0 Å². The second-order valence-corrected chi connectivity index (χ2v) is 7.51. The largest absolute Gasteiger partial charge is 0.372 e. The first kappa shape index (κ1) is 20.1. The normalized spacial score (nSPS) is 11.4. The highest BCUT2D eigenvalue weighted by molar-refractivity contribution is 7.09. The molecule has 3 aromatic rings. The van der Waals surface area contributed by atoms with E-state index in [0.717, 1.165) is 25.5 Å². The number of ether oxygens (including phenoxy) is 1. The summed E-state index contributed by atoms with van der Waals surface area (Å²) >= 11 is 1.79. The van der Waals surface area contributed by atoms with E-state index in [9.17, 15) is 0 Å². The van der Waals surface area contributed by atoms with Crippen LogP contribution in [0.25, 0.3) is 0 Å². The lowest BCUT2D eigenvalue weighted by molar-refractivity contribution is 0.107. The molecule has 4 nitrogen and oxygen atoms in total. The number of nitrogens with one attached hydrogen (secondary N) is 2. The Bertz CT molecular complexity index is 830. The molecule has 0 unspecified atom stereocenters. The molecule has 3 rings (SSSR count). The SMILES string of the molecule is CN=C(NCCc1cccs1)NCc1ccc(COCc2ccccc2)cc1. The zero-order valence-electron chi connectivity index (χ0n) is 16.2. The monoisotopic (exact) mass is 393 g/mol. The molecule has 2 N–H and O–H groups in total. The third kappa shape index (κ3) is 6.83. The van der Waals surface area contributed by atoms with Gasteiger partial charge in [-0.05, 0) is 34.6 Å². The number of hydrogen-bond acceptors (Lipinski definition) is 3. The van der Waals surface area contributed by atoms with Crippen molar-refractivity contribution >= 4 is 17.3 Å². The molecule has 1 aromatic heterocycles. The zero-order chi connectivity index (χ0) is 19.4. The number of guanidine groups is 1. The molecule has 1 heterocycles. The molecule has 0 aliphatic rings. The summed E-state index contributed by atoms with van der Waals surface area (Å²) in [5, 5.41) is 8.83. The highest BCUT2D eigenvalue weighted by Gasteiger charge is 2.01. The van der Waals surface area contributed by atoms with Crippen LogP contribution in [0.3, 0.4) is 0 Å². The van der Waals surface area contributed by atoms with Crippen molar-refractivity contribution in [2.75, 3.05) is 13.6 Å². The third-order valence-electron chi connectivity index (χ3n) is 4.33. The maximum Gasteiger partial charge on any atom is 0.191 e. The molecule has 0 aliphatic carbocycles. The van der Waals surface area contributed by atoms with Crippen molar-refractivity contribution < 1.29 is 4.74 Å². The molecule has 2 aromatic carbocycles. The summed E-state index contributed by atoms with van der Waals surface area (Å²) in [6.45, 7) is 2.87. The van der Waals surface area contributed by atoms with Gasteiger partial charge in [-0.2, -0.15) is 0 Å². The van der Waals surface area contributed by atoms with Crippen LogP contribution in [0.2, 0.25) is 0 Å². The zero-order valence-corrected chi connectivity index (χ0v) is 17.0. The van der Waals surface area contributed by atoms with E-state index in [-0.39, 0.29) is 0 Å². The lowest BCUT2D eigenvalue weighted by Crippen LogP contribution is -2.37. The fourth-order valence-corrected chi connectivity index (χ4v) is 3.49. The van der Waals surface area contributed by atoms with Crippen LogP contribution >= 0.6 is 11.3 Å². The Morgan fingerprint density at radius 1 is 0.857 bits per heavy atom. The van der Waals surface area contributed by atoms with Gasteiger partial charge in [0.2, 0.25) is 0 Å². The lowest BCUT2D eigenvalue weighted by Gasteiger charge is -2.12. The summed E-state index contributed by atoms with van der Waals surface area (Å²) in [6.07, 6.45) is 1.01. The Hall–Kier alpha value is -2.63. The Labute approximate surface area is 171 Å². The van der Waals surface area contributed by atoms with Gasteiger partial charge < -0.3 is 15.4 Å². The van der Waals surface area contributed by atoms with E-state index in [1.165, 1.54) is 21.6 Å². The number of rotatable bonds is 9. The summed E-state index contributed by atoms with van der Waals surface area (Å²) < 4.78 is 5.79. The van der Waals surface area contributed by atoms with Crippen molar-refractivity contribution in [1.29, 1.82) is 0 Å². The highest BCUT2D eigenvalue weighted by Crippen LogP contribution is 2.09. The number of hydrogen-bond donors (Lipinski definition) is 2. The maximum absolute atomic E-state index is 5.79. The summed E-state index contributed by atoms with van der Waals surface area (Å²) in [5.74, 6) is 0.826. The minimum atomic E-state index is 0.620. The smallest absolute Gasteiger partial charge is 0.191 e. The van der Waals surface area contributed by atoms with E-state index in [1.54, 1.807) is 18.4 Å². The first-order chi connectivity index (χ1) is 13.8. The quantitative estimate of drug-likeness (QED) is 0.419. The van der Waals surface area contributed by atoms with Crippen LogP contribution in [-0.4, -0.2) is 19.6 Å². The molecule has 0 atom stereocenters. The van der Waals surface area contributed by atoms with Gasteiger partial charge in [0.25, 0.3) is 0 Å². The molecule has 0 saturated heterocycles. The predicted molar refractivity (Wildman–Crippen MR) is 118 cm³/mol. The van der Waals surface area contributed by atoms with Gasteiger partial charge in [0.1, 0.15) is 0 Å². The van der Waals surface area contributed by atoms with E-state index in [1.807, 2.05) is 18.2 Å². The van der Waals surface area contributed by atoms with Crippen LogP contribution in [-0.2, 0) is 30.9 Å². The van der Waals surface area contributed by atoms with Crippen LogP contribution in [0.1, 0.15) is 21.6 Å². The number of benzene rings is 2. The van der Waals surface area contributed by atoms with Gasteiger partial charge >= 0.3 is 0 Å². The van der Waals surface area contributed by atoms with Crippen LogP contribution < -0.4 is 10.6 Å². The summed E-state index contributed by atoms with van der Waals surface area (Å²) in [7, 11) is 1.80. The number of aliphatic imine (C=N–C) groups is 1. The maximum atomic E-state index is 5.79. The standard InChI is InChI=1S/C23H27N3OS/c1-24-23(25-14-13-22-8-5-15-28-22)26-16-19-9-11-21(12-10-19)18-27-17-20-6-3-2-4-7-20/h2-12,15H,13-14,16-18H2,1H3,(H2,24,25,26). The third-order valence-corrected chi connectivity index (χ3v) is 5.27. The first-order valence-electron chi connectivity index (χ1n) is 9.50. The second kappa shape index (κ2) is 11.3. The van der Waals surface area contributed by atoms with E-state index < -0.39 is 0 Å². The molecule has 0 amide bonds. The van der Waals surface area contributed by atoms with Gasteiger partial charge in [-0.15, -0.1) is 11.3 Å². The average Bonchev–Trinajstić information content (AvgIpc) is 3.26. The fourth-order valence-electron chi connectivity index (χ4n) is 2.78. The summed E-state index contributed by atoms with van der Waals surface area (Å²) in [4.78, 5) is 5.67. The molecule has 0 radical (unpaired) electrons. The summed E-state index contributed by atoms with van der Waals surface area (Å²) in [6, 6.07) is 23.0. The van der Waals surface area contributed by atoms with Crippen molar-refractivity contribution in [1.82, 2.24) is 10.6 Å². The van der Waals surface area contributed by atoms with Crippen molar-refractivity contribution in [2.24, 2.45) is 4.99 Å². The Kier molecular flexibility index (Phi) is 8.09. The Balaban J connectivity index is 1.37. The van der Waals surface area contributed by atoms with Crippen molar-refractivity contribution in [2.45, 2.75) is 26.2 Å². The molecule has 0 spiro atoms. The van der Waals surface area contributed by atoms with E-state index >= 15 is 0 Å².